The lowest BCUT2D eigenvalue weighted by atomic mass is 10.5. The van der Waals surface area contributed by atoms with Crippen LogP contribution in [0, 0.1) is 0 Å². The summed E-state index contributed by atoms with van der Waals surface area (Å²) in [5.74, 6) is -1.03. The number of nitrogens with one attached hydrogen (secondary N) is 2. The molecule has 80 valence electrons. The molecule has 1 aromatic rings. The first-order valence-electron chi connectivity index (χ1n) is 4.38. The zero-order chi connectivity index (χ0) is 11.1. The van der Waals surface area contributed by atoms with Crippen LogP contribution in [-0.2, 0) is 9.59 Å². The molecular formula is C9H11N3O3. The van der Waals surface area contributed by atoms with Gasteiger partial charge in [-0.15, -0.1) is 0 Å². The molecule has 2 N–H and O–H groups in total. The van der Waals surface area contributed by atoms with Gasteiger partial charge in [0.05, 0.1) is 12.5 Å². The number of hydrogen-bond donors (Lipinski definition) is 2. The van der Waals surface area contributed by atoms with Crippen LogP contribution in [0.2, 0.25) is 0 Å². The lowest BCUT2D eigenvalue weighted by Crippen LogP contribution is -2.37. The van der Waals surface area contributed by atoms with Crippen molar-refractivity contribution in [3.8, 4) is 0 Å². The smallest absolute Gasteiger partial charge is 0.329 e. The first-order valence-corrected chi connectivity index (χ1v) is 4.38. The van der Waals surface area contributed by atoms with Gasteiger partial charge in [-0.1, -0.05) is 0 Å². The lowest BCUT2D eigenvalue weighted by molar-refractivity contribution is -0.139. The van der Waals surface area contributed by atoms with Crippen molar-refractivity contribution in [2.75, 3.05) is 6.54 Å². The van der Waals surface area contributed by atoms with Gasteiger partial charge in [-0.05, 0) is 19.1 Å². The van der Waals surface area contributed by atoms with E-state index in [1.54, 1.807) is 19.1 Å². The van der Waals surface area contributed by atoms with Gasteiger partial charge in [-0.2, -0.15) is 5.10 Å². The molecule has 6 heteroatoms. The SMILES string of the molecule is CCNC(=O)C(=O)NN=Cc1ccco1. The van der Waals surface area contributed by atoms with Crippen LogP contribution in [-0.4, -0.2) is 24.6 Å². The normalized spacial score (nSPS) is 10.2. The summed E-state index contributed by atoms with van der Waals surface area (Å²) < 4.78 is 4.92. The maximum Gasteiger partial charge on any atom is 0.329 e. The molecule has 0 aliphatic rings. The summed E-state index contributed by atoms with van der Waals surface area (Å²) in [4.78, 5) is 21.9. The van der Waals surface area contributed by atoms with Crippen LogP contribution in [0.15, 0.2) is 27.9 Å². The minimum absolute atomic E-state index is 0.397. The summed E-state index contributed by atoms with van der Waals surface area (Å²) in [5, 5.41) is 5.88. The highest BCUT2D eigenvalue weighted by Crippen LogP contribution is 1.94. The molecule has 1 heterocycles. The number of furan rings is 1. The first kappa shape index (κ1) is 11.0. The molecule has 0 radical (unpaired) electrons. The Bertz CT molecular complexity index is 357. The van der Waals surface area contributed by atoms with E-state index in [1.165, 1.54) is 12.5 Å². The lowest BCUT2D eigenvalue weighted by Gasteiger charge is -1.98. The van der Waals surface area contributed by atoms with Gasteiger partial charge in [0.25, 0.3) is 0 Å². The van der Waals surface area contributed by atoms with Crippen LogP contribution >= 0.6 is 0 Å². The first-order chi connectivity index (χ1) is 7.24. The minimum atomic E-state index is -0.806. The Balaban J connectivity index is 2.37. The zero-order valence-electron chi connectivity index (χ0n) is 8.19. The maximum atomic E-state index is 11.0. The van der Waals surface area contributed by atoms with Crippen molar-refractivity contribution >= 4 is 18.0 Å². The molecule has 0 fully saturated rings. The fraction of sp³-hybridized carbons (Fsp3) is 0.222. The Morgan fingerprint density at radius 2 is 2.33 bits per heavy atom. The topological polar surface area (TPSA) is 83.7 Å². The van der Waals surface area contributed by atoms with Crippen LogP contribution in [0.25, 0.3) is 0 Å². The Morgan fingerprint density at radius 3 is 2.93 bits per heavy atom. The molecule has 0 saturated heterocycles. The number of hydrazone groups is 1. The largest absolute Gasteiger partial charge is 0.463 e. The highest BCUT2D eigenvalue weighted by molar-refractivity contribution is 6.35. The van der Waals surface area contributed by atoms with Crippen LogP contribution in [0.1, 0.15) is 12.7 Å². The molecule has 0 aliphatic heterocycles. The van der Waals surface area contributed by atoms with Crippen molar-refractivity contribution in [3.05, 3.63) is 24.2 Å². The monoisotopic (exact) mass is 209 g/mol. The van der Waals surface area contributed by atoms with E-state index in [-0.39, 0.29) is 0 Å². The molecule has 1 rings (SSSR count). The Kier molecular flexibility index (Phi) is 4.08. The number of hydrogen-bond acceptors (Lipinski definition) is 4. The predicted octanol–water partition coefficient (Wildman–Crippen LogP) is -0.134. The molecule has 0 aromatic carbocycles. The Labute approximate surface area is 86.3 Å². The second-order valence-electron chi connectivity index (χ2n) is 2.57. The molecule has 0 aliphatic carbocycles. The third-order valence-electron chi connectivity index (χ3n) is 1.44. The molecule has 0 bridgehead atoms. The average Bonchev–Trinajstić information content (AvgIpc) is 2.71. The minimum Gasteiger partial charge on any atom is -0.463 e. The molecule has 0 atom stereocenters. The number of rotatable bonds is 3. The second kappa shape index (κ2) is 5.58. The van der Waals surface area contributed by atoms with E-state index in [2.05, 4.69) is 15.8 Å². The van der Waals surface area contributed by atoms with E-state index in [0.29, 0.717) is 12.3 Å². The van der Waals surface area contributed by atoms with Crippen molar-refractivity contribution < 1.29 is 14.0 Å². The summed E-state index contributed by atoms with van der Waals surface area (Å²) in [6, 6.07) is 3.36. The Hall–Kier alpha value is -2.11. The molecule has 2 amide bonds. The molecular weight excluding hydrogens is 198 g/mol. The summed E-state index contributed by atoms with van der Waals surface area (Å²) in [5.41, 5.74) is 2.06. The summed E-state index contributed by atoms with van der Waals surface area (Å²) in [6.45, 7) is 2.12. The predicted molar refractivity (Wildman–Crippen MR) is 53.1 cm³/mol. The van der Waals surface area contributed by atoms with Crippen molar-refractivity contribution in [1.82, 2.24) is 10.7 Å². The number of carbonyl (C=O) groups excluding carboxylic acids is 2. The van der Waals surface area contributed by atoms with Gasteiger partial charge in [0, 0.05) is 6.54 Å². The van der Waals surface area contributed by atoms with E-state index in [0.717, 1.165) is 0 Å². The van der Waals surface area contributed by atoms with Crippen LogP contribution in [0.3, 0.4) is 0 Å². The van der Waals surface area contributed by atoms with Crippen molar-refractivity contribution in [2.45, 2.75) is 6.92 Å². The van der Waals surface area contributed by atoms with Crippen molar-refractivity contribution in [2.24, 2.45) is 5.10 Å². The molecule has 0 unspecified atom stereocenters. The summed E-state index contributed by atoms with van der Waals surface area (Å²) >= 11 is 0. The second-order valence-corrected chi connectivity index (χ2v) is 2.57. The highest BCUT2D eigenvalue weighted by atomic mass is 16.3. The van der Waals surface area contributed by atoms with E-state index in [4.69, 9.17) is 4.42 Å². The fourth-order valence-corrected chi connectivity index (χ4v) is 0.811. The fourth-order valence-electron chi connectivity index (χ4n) is 0.811. The maximum absolute atomic E-state index is 11.0. The van der Waals surface area contributed by atoms with Crippen molar-refractivity contribution in [3.63, 3.8) is 0 Å². The molecule has 1 aromatic heterocycles. The number of likely N-dealkylation sites (N-methyl/N-ethyl adjacent to an activating group) is 1. The van der Waals surface area contributed by atoms with Gasteiger partial charge in [-0.25, -0.2) is 5.43 Å². The van der Waals surface area contributed by atoms with Gasteiger partial charge in [0.1, 0.15) is 5.76 Å². The van der Waals surface area contributed by atoms with E-state index in [9.17, 15) is 9.59 Å². The van der Waals surface area contributed by atoms with Gasteiger partial charge in [0.15, 0.2) is 0 Å². The molecule has 6 nitrogen and oxygen atoms in total. The van der Waals surface area contributed by atoms with Gasteiger partial charge < -0.3 is 9.73 Å². The van der Waals surface area contributed by atoms with Crippen LogP contribution in [0.5, 0.6) is 0 Å². The van der Waals surface area contributed by atoms with E-state index < -0.39 is 11.8 Å². The van der Waals surface area contributed by atoms with Gasteiger partial charge in [0.2, 0.25) is 0 Å². The van der Waals surface area contributed by atoms with Crippen LogP contribution in [0.4, 0.5) is 0 Å². The number of carbonyl (C=O) groups is 2. The zero-order valence-corrected chi connectivity index (χ0v) is 8.19. The quantitative estimate of drug-likeness (QED) is 0.413. The van der Waals surface area contributed by atoms with Crippen molar-refractivity contribution in [1.29, 1.82) is 0 Å². The van der Waals surface area contributed by atoms with E-state index >= 15 is 0 Å². The van der Waals surface area contributed by atoms with E-state index in [1.807, 2.05) is 0 Å². The summed E-state index contributed by atoms with van der Waals surface area (Å²) in [6.07, 6.45) is 2.78. The third kappa shape index (κ3) is 3.63. The third-order valence-corrected chi connectivity index (χ3v) is 1.44. The Morgan fingerprint density at radius 1 is 1.53 bits per heavy atom. The molecule has 15 heavy (non-hydrogen) atoms. The average molecular weight is 209 g/mol. The van der Waals surface area contributed by atoms with Crippen LogP contribution < -0.4 is 10.7 Å². The summed E-state index contributed by atoms with van der Waals surface area (Å²) in [7, 11) is 0. The van der Waals surface area contributed by atoms with Gasteiger partial charge >= 0.3 is 11.8 Å². The number of amides is 2. The standard InChI is InChI=1S/C9H11N3O3/c1-2-10-8(13)9(14)12-11-6-7-4-3-5-15-7/h3-6H,2H2,1H3,(H,10,13)(H,12,14). The molecule has 0 saturated carbocycles. The highest BCUT2D eigenvalue weighted by Gasteiger charge is 2.09. The molecule has 0 spiro atoms. The van der Waals surface area contributed by atoms with Gasteiger partial charge in [-0.3, -0.25) is 9.59 Å². The number of nitrogens with zero attached hydrogens (tertiary/aromatic N) is 1.